The Morgan fingerprint density at radius 1 is 1.23 bits per heavy atom. The van der Waals surface area contributed by atoms with Crippen molar-refractivity contribution >= 4 is 17.5 Å². The number of benzene rings is 1. The fourth-order valence-electron chi connectivity index (χ4n) is 1.95. The monoisotopic (exact) mass is 317 g/mol. The van der Waals surface area contributed by atoms with E-state index in [0.717, 1.165) is 22.8 Å². The highest BCUT2D eigenvalue weighted by atomic mass is 32.1. The lowest BCUT2D eigenvalue weighted by Gasteiger charge is -2.02. The first-order chi connectivity index (χ1) is 10.7. The molecule has 0 aliphatic heterocycles. The van der Waals surface area contributed by atoms with Crippen molar-refractivity contribution in [3.05, 3.63) is 36.2 Å². The van der Waals surface area contributed by atoms with Crippen molar-refractivity contribution in [1.82, 2.24) is 14.7 Å². The SMILES string of the molecule is COC(=O)c1nnsc1-c1conc1-c1ccc(OC)cc1. The van der Waals surface area contributed by atoms with Gasteiger partial charge in [0.15, 0.2) is 5.69 Å². The fourth-order valence-corrected chi connectivity index (χ4v) is 2.61. The van der Waals surface area contributed by atoms with Crippen molar-refractivity contribution in [2.45, 2.75) is 0 Å². The van der Waals surface area contributed by atoms with Crippen LogP contribution in [0.3, 0.4) is 0 Å². The average molecular weight is 317 g/mol. The van der Waals surface area contributed by atoms with Gasteiger partial charge in [-0.2, -0.15) is 0 Å². The van der Waals surface area contributed by atoms with Gasteiger partial charge in [0, 0.05) is 5.56 Å². The second-order valence-corrected chi connectivity index (χ2v) is 5.00. The van der Waals surface area contributed by atoms with Crippen LogP contribution in [0.4, 0.5) is 0 Å². The van der Waals surface area contributed by atoms with Crippen molar-refractivity contribution in [3.8, 4) is 27.4 Å². The summed E-state index contributed by atoms with van der Waals surface area (Å²) in [4.78, 5) is 12.3. The summed E-state index contributed by atoms with van der Waals surface area (Å²) in [7, 11) is 2.89. The van der Waals surface area contributed by atoms with Gasteiger partial charge in [-0.15, -0.1) is 5.10 Å². The number of rotatable bonds is 4. The van der Waals surface area contributed by atoms with Crippen LogP contribution in [0.1, 0.15) is 10.5 Å². The fraction of sp³-hybridized carbons (Fsp3) is 0.143. The van der Waals surface area contributed by atoms with Crippen LogP contribution in [0, 0.1) is 0 Å². The molecule has 0 saturated carbocycles. The molecule has 0 N–H and O–H groups in total. The summed E-state index contributed by atoms with van der Waals surface area (Å²) in [6, 6.07) is 7.35. The van der Waals surface area contributed by atoms with Gasteiger partial charge < -0.3 is 14.0 Å². The molecule has 3 rings (SSSR count). The van der Waals surface area contributed by atoms with E-state index in [-0.39, 0.29) is 5.69 Å². The van der Waals surface area contributed by atoms with Crippen LogP contribution in [-0.2, 0) is 4.74 Å². The molecule has 0 spiro atoms. The van der Waals surface area contributed by atoms with Crippen LogP contribution in [-0.4, -0.2) is 34.9 Å². The third kappa shape index (κ3) is 2.44. The van der Waals surface area contributed by atoms with Crippen molar-refractivity contribution in [2.75, 3.05) is 14.2 Å². The third-order valence-corrected chi connectivity index (χ3v) is 3.80. The maximum Gasteiger partial charge on any atom is 0.360 e. The summed E-state index contributed by atoms with van der Waals surface area (Å²) in [5.41, 5.74) is 2.21. The van der Waals surface area contributed by atoms with Crippen LogP contribution in [0.2, 0.25) is 0 Å². The highest BCUT2D eigenvalue weighted by molar-refractivity contribution is 7.09. The lowest BCUT2D eigenvalue weighted by Crippen LogP contribution is -2.03. The van der Waals surface area contributed by atoms with Gasteiger partial charge in [0.05, 0.1) is 24.7 Å². The van der Waals surface area contributed by atoms with Crippen molar-refractivity contribution in [2.24, 2.45) is 0 Å². The van der Waals surface area contributed by atoms with Crippen molar-refractivity contribution < 1.29 is 18.8 Å². The van der Waals surface area contributed by atoms with Crippen LogP contribution in [0.15, 0.2) is 35.1 Å². The summed E-state index contributed by atoms with van der Waals surface area (Å²) in [6.45, 7) is 0. The highest BCUT2D eigenvalue weighted by Gasteiger charge is 2.23. The van der Waals surface area contributed by atoms with E-state index in [1.807, 2.05) is 24.3 Å². The summed E-state index contributed by atoms with van der Waals surface area (Å²) in [6.07, 6.45) is 1.46. The van der Waals surface area contributed by atoms with Gasteiger partial charge in [-0.25, -0.2) is 4.79 Å². The molecule has 1 aromatic carbocycles. The van der Waals surface area contributed by atoms with E-state index in [2.05, 4.69) is 14.7 Å². The van der Waals surface area contributed by atoms with E-state index < -0.39 is 5.97 Å². The highest BCUT2D eigenvalue weighted by Crippen LogP contribution is 2.35. The summed E-state index contributed by atoms with van der Waals surface area (Å²) in [5.74, 6) is 0.189. The minimum atomic E-state index is -0.550. The van der Waals surface area contributed by atoms with E-state index in [0.29, 0.717) is 16.1 Å². The number of carbonyl (C=O) groups excluding carboxylic acids is 1. The van der Waals surface area contributed by atoms with E-state index in [4.69, 9.17) is 14.0 Å². The Labute approximate surface area is 129 Å². The predicted molar refractivity (Wildman–Crippen MR) is 78.7 cm³/mol. The normalized spacial score (nSPS) is 10.5. The van der Waals surface area contributed by atoms with E-state index in [9.17, 15) is 4.79 Å². The number of methoxy groups -OCH3 is 2. The molecule has 8 heteroatoms. The molecule has 2 heterocycles. The van der Waals surface area contributed by atoms with Gasteiger partial charge in [-0.1, -0.05) is 9.64 Å². The predicted octanol–water partition coefficient (Wildman–Crippen LogP) is 2.66. The lowest BCUT2D eigenvalue weighted by atomic mass is 10.1. The van der Waals surface area contributed by atoms with Crippen molar-refractivity contribution in [1.29, 1.82) is 0 Å². The van der Waals surface area contributed by atoms with Crippen LogP contribution >= 0.6 is 11.5 Å². The molecule has 0 aliphatic rings. The van der Waals surface area contributed by atoms with Gasteiger partial charge in [-0.05, 0) is 35.8 Å². The molecule has 0 bridgehead atoms. The molecule has 0 unspecified atom stereocenters. The topological polar surface area (TPSA) is 87.3 Å². The molecule has 0 fully saturated rings. The minimum Gasteiger partial charge on any atom is -0.497 e. The standard InChI is InChI=1S/C14H11N3O4S/c1-19-9-5-3-8(4-6-9)11-10(7-21-16-11)13-12(14(18)20-2)15-17-22-13/h3-7H,1-2H3. The first-order valence-corrected chi connectivity index (χ1v) is 7.01. The number of ether oxygens (including phenoxy) is 2. The molecule has 7 nitrogen and oxygen atoms in total. The Bertz CT molecular complexity index is 795. The average Bonchev–Trinajstić information content (AvgIpc) is 3.22. The van der Waals surface area contributed by atoms with Gasteiger partial charge in [0.25, 0.3) is 0 Å². The zero-order valence-corrected chi connectivity index (χ0v) is 12.6. The second kappa shape index (κ2) is 5.94. The molecular weight excluding hydrogens is 306 g/mol. The van der Waals surface area contributed by atoms with E-state index in [1.165, 1.54) is 13.4 Å². The van der Waals surface area contributed by atoms with Gasteiger partial charge >= 0.3 is 5.97 Å². The molecule has 112 valence electrons. The van der Waals surface area contributed by atoms with Gasteiger partial charge in [0.2, 0.25) is 0 Å². The van der Waals surface area contributed by atoms with Crippen LogP contribution in [0.5, 0.6) is 5.75 Å². The number of carbonyl (C=O) groups is 1. The van der Waals surface area contributed by atoms with Gasteiger partial charge in [-0.3, -0.25) is 0 Å². The largest absolute Gasteiger partial charge is 0.497 e. The molecule has 0 amide bonds. The summed E-state index contributed by atoms with van der Waals surface area (Å²) in [5, 5.41) is 7.82. The molecule has 0 aliphatic carbocycles. The van der Waals surface area contributed by atoms with E-state index >= 15 is 0 Å². The maximum atomic E-state index is 11.7. The smallest absolute Gasteiger partial charge is 0.360 e. The Balaban J connectivity index is 2.05. The Morgan fingerprint density at radius 2 is 2.00 bits per heavy atom. The zero-order valence-electron chi connectivity index (χ0n) is 11.8. The number of nitrogens with zero attached hydrogens (tertiary/aromatic N) is 3. The maximum absolute atomic E-state index is 11.7. The third-order valence-electron chi connectivity index (χ3n) is 3.04. The molecule has 2 aromatic heterocycles. The van der Waals surface area contributed by atoms with Crippen LogP contribution in [0.25, 0.3) is 21.7 Å². The second-order valence-electron chi connectivity index (χ2n) is 4.25. The minimum absolute atomic E-state index is 0.144. The quantitative estimate of drug-likeness (QED) is 0.683. The van der Waals surface area contributed by atoms with E-state index in [1.54, 1.807) is 7.11 Å². The first kappa shape index (κ1) is 14.2. The van der Waals surface area contributed by atoms with Gasteiger partial charge in [0.1, 0.15) is 17.7 Å². The molecule has 0 saturated heterocycles. The lowest BCUT2D eigenvalue weighted by molar-refractivity contribution is 0.0595. The zero-order chi connectivity index (χ0) is 15.5. The summed E-state index contributed by atoms with van der Waals surface area (Å²) < 4.78 is 18.7. The Morgan fingerprint density at radius 3 is 2.68 bits per heavy atom. The molecule has 0 radical (unpaired) electrons. The number of hydrogen-bond donors (Lipinski definition) is 0. The summed E-state index contributed by atoms with van der Waals surface area (Å²) >= 11 is 1.08. The Kier molecular flexibility index (Phi) is 3.84. The molecule has 3 aromatic rings. The first-order valence-electron chi connectivity index (χ1n) is 6.24. The molecule has 22 heavy (non-hydrogen) atoms. The molecular formula is C14H11N3O4S. The molecule has 0 atom stereocenters. The number of aromatic nitrogens is 3. The van der Waals surface area contributed by atoms with Crippen LogP contribution < -0.4 is 4.74 Å². The number of esters is 1. The number of hydrogen-bond acceptors (Lipinski definition) is 8. The van der Waals surface area contributed by atoms with Crippen molar-refractivity contribution in [3.63, 3.8) is 0 Å². The Hall–Kier alpha value is -2.74.